The lowest BCUT2D eigenvalue weighted by molar-refractivity contribution is -0.141. The summed E-state index contributed by atoms with van der Waals surface area (Å²) in [5, 5.41) is 10.2. The number of rotatable bonds is 4. The highest BCUT2D eigenvalue weighted by molar-refractivity contribution is 6.15. The summed E-state index contributed by atoms with van der Waals surface area (Å²) in [6, 6.07) is 7.27. The predicted molar refractivity (Wildman–Crippen MR) is 70.0 cm³/mol. The van der Waals surface area contributed by atoms with E-state index in [-0.39, 0.29) is 6.61 Å². The van der Waals surface area contributed by atoms with Crippen LogP contribution in [0.4, 0.5) is 0 Å². The molecule has 0 saturated heterocycles. The zero-order valence-corrected chi connectivity index (χ0v) is 10.3. The zero-order chi connectivity index (χ0) is 13.8. The fourth-order valence-corrected chi connectivity index (χ4v) is 1.74. The molecular formula is C14H13NO4. The maximum absolute atomic E-state index is 12.0. The number of hydrogen-bond donors (Lipinski definition) is 2. The van der Waals surface area contributed by atoms with Gasteiger partial charge in [-0.1, -0.05) is 18.2 Å². The lowest BCUT2D eigenvalue weighted by atomic mass is 10.1. The van der Waals surface area contributed by atoms with Crippen molar-refractivity contribution in [3.63, 3.8) is 0 Å². The van der Waals surface area contributed by atoms with Crippen molar-refractivity contribution in [1.82, 2.24) is 4.98 Å². The highest BCUT2D eigenvalue weighted by Crippen LogP contribution is 2.18. The number of aromatic nitrogens is 1. The third kappa shape index (κ3) is 2.65. The van der Waals surface area contributed by atoms with Gasteiger partial charge in [-0.3, -0.25) is 4.79 Å². The topological polar surface area (TPSA) is 79.4 Å². The number of carbonyl (C=O) groups is 2. The number of aromatic amines is 1. The van der Waals surface area contributed by atoms with E-state index in [1.807, 2.05) is 18.2 Å². The van der Waals surface area contributed by atoms with Crippen LogP contribution in [0.15, 0.2) is 42.3 Å². The number of para-hydroxylation sites is 1. The molecule has 1 aromatic heterocycles. The van der Waals surface area contributed by atoms with Gasteiger partial charge in [0, 0.05) is 28.7 Å². The first-order chi connectivity index (χ1) is 9.13. The molecule has 0 fully saturated rings. The molecule has 2 N–H and O–H groups in total. The van der Waals surface area contributed by atoms with E-state index >= 15 is 0 Å². The van der Waals surface area contributed by atoms with E-state index in [0.717, 1.165) is 17.0 Å². The molecule has 0 aliphatic heterocycles. The van der Waals surface area contributed by atoms with Gasteiger partial charge in [0.05, 0.1) is 6.61 Å². The van der Waals surface area contributed by atoms with Gasteiger partial charge < -0.3 is 14.8 Å². The Morgan fingerprint density at radius 3 is 2.84 bits per heavy atom. The third-order valence-corrected chi connectivity index (χ3v) is 2.61. The summed E-state index contributed by atoms with van der Waals surface area (Å²) in [6.07, 6.45) is 2.41. The molecule has 1 aromatic carbocycles. The predicted octanol–water partition coefficient (Wildman–Crippen LogP) is 2.36. The Bertz CT molecular complexity index is 654. The first kappa shape index (κ1) is 12.9. The van der Waals surface area contributed by atoms with Gasteiger partial charge in [-0.25, -0.2) is 4.79 Å². The monoisotopic (exact) mass is 259 g/mol. The molecule has 0 aliphatic carbocycles. The van der Waals surface area contributed by atoms with Gasteiger partial charge in [-0.2, -0.15) is 0 Å². The number of H-pyrrole nitrogens is 1. The zero-order valence-electron chi connectivity index (χ0n) is 10.3. The van der Waals surface area contributed by atoms with Crippen molar-refractivity contribution in [2.75, 3.05) is 6.61 Å². The number of ketones is 1. The van der Waals surface area contributed by atoms with Crippen LogP contribution >= 0.6 is 0 Å². The second-order valence-electron chi connectivity index (χ2n) is 3.86. The molecule has 5 heteroatoms. The van der Waals surface area contributed by atoms with Gasteiger partial charge in [-0.05, 0) is 13.0 Å². The van der Waals surface area contributed by atoms with Crippen LogP contribution < -0.4 is 0 Å². The van der Waals surface area contributed by atoms with Gasteiger partial charge in [0.2, 0.25) is 5.76 Å². The van der Waals surface area contributed by atoms with Crippen LogP contribution in [0, 0.1) is 0 Å². The standard InChI is InChI=1S/C14H13NO4/c1-2-19-14(18)13(17)7-12(16)10-8-15-11-6-4-3-5-9(10)11/h3-8,15,17H,2H2,1H3/b13-7-. The molecule has 0 amide bonds. The molecule has 0 spiro atoms. The Hall–Kier alpha value is -2.56. The number of fused-ring (bicyclic) bond motifs is 1. The quantitative estimate of drug-likeness (QED) is 0.382. The van der Waals surface area contributed by atoms with Crippen molar-refractivity contribution in [2.24, 2.45) is 0 Å². The van der Waals surface area contributed by atoms with Crippen LogP contribution in [-0.2, 0) is 9.53 Å². The second-order valence-corrected chi connectivity index (χ2v) is 3.86. The molecule has 5 nitrogen and oxygen atoms in total. The largest absolute Gasteiger partial charge is 0.502 e. The van der Waals surface area contributed by atoms with E-state index < -0.39 is 17.5 Å². The Balaban J connectivity index is 2.30. The van der Waals surface area contributed by atoms with E-state index in [1.54, 1.807) is 19.2 Å². The molecular weight excluding hydrogens is 246 g/mol. The van der Waals surface area contributed by atoms with Gasteiger partial charge >= 0.3 is 5.97 Å². The molecule has 0 unspecified atom stereocenters. The number of nitrogens with one attached hydrogen (secondary N) is 1. The van der Waals surface area contributed by atoms with Crippen molar-refractivity contribution in [1.29, 1.82) is 0 Å². The molecule has 0 aliphatic rings. The minimum Gasteiger partial charge on any atom is -0.502 e. The summed E-state index contributed by atoms with van der Waals surface area (Å²) in [6.45, 7) is 1.75. The number of hydrogen-bond acceptors (Lipinski definition) is 4. The molecule has 2 aromatic rings. The number of allylic oxidation sites excluding steroid dienone is 1. The highest BCUT2D eigenvalue weighted by Gasteiger charge is 2.14. The van der Waals surface area contributed by atoms with Gasteiger partial charge in [0.15, 0.2) is 5.78 Å². The van der Waals surface area contributed by atoms with E-state index in [0.29, 0.717) is 5.56 Å². The molecule has 0 atom stereocenters. The Labute approximate surface area is 109 Å². The Kier molecular flexibility index (Phi) is 3.66. The average Bonchev–Trinajstić information content (AvgIpc) is 2.82. The fraction of sp³-hybridized carbons (Fsp3) is 0.143. The summed E-state index contributed by atoms with van der Waals surface area (Å²) >= 11 is 0. The molecule has 0 bridgehead atoms. The van der Waals surface area contributed by atoms with Crippen molar-refractivity contribution in [3.8, 4) is 0 Å². The minimum atomic E-state index is -0.907. The summed E-state index contributed by atoms with van der Waals surface area (Å²) in [7, 11) is 0. The maximum atomic E-state index is 12.0. The molecule has 0 radical (unpaired) electrons. The molecule has 1 heterocycles. The van der Waals surface area contributed by atoms with Gasteiger partial charge in [0.1, 0.15) is 0 Å². The third-order valence-electron chi connectivity index (χ3n) is 2.61. The number of carbonyl (C=O) groups excluding carboxylic acids is 2. The lowest BCUT2D eigenvalue weighted by Gasteiger charge is -1.99. The number of aliphatic hydroxyl groups is 1. The number of aliphatic hydroxyl groups excluding tert-OH is 1. The first-order valence-electron chi connectivity index (χ1n) is 5.81. The van der Waals surface area contributed by atoms with E-state index in [9.17, 15) is 14.7 Å². The Morgan fingerprint density at radius 2 is 2.11 bits per heavy atom. The van der Waals surface area contributed by atoms with Crippen molar-refractivity contribution < 1.29 is 19.4 Å². The smallest absolute Gasteiger partial charge is 0.373 e. The summed E-state index contributed by atoms with van der Waals surface area (Å²) < 4.78 is 4.59. The van der Waals surface area contributed by atoms with Crippen LogP contribution in [-0.4, -0.2) is 28.4 Å². The van der Waals surface area contributed by atoms with Crippen molar-refractivity contribution in [2.45, 2.75) is 6.92 Å². The van der Waals surface area contributed by atoms with E-state index in [4.69, 9.17) is 0 Å². The van der Waals surface area contributed by atoms with Crippen molar-refractivity contribution in [3.05, 3.63) is 47.9 Å². The van der Waals surface area contributed by atoms with Crippen LogP contribution in [0.25, 0.3) is 10.9 Å². The molecule has 2 rings (SSSR count). The van der Waals surface area contributed by atoms with Crippen LogP contribution in [0.2, 0.25) is 0 Å². The molecule has 0 saturated carbocycles. The highest BCUT2D eigenvalue weighted by atomic mass is 16.5. The summed E-state index contributed by atoms with van der Waals surface area (Å²) in [4.78, 5) is 26.1. The van der Waals surface area contributed by atoms with Crippen LogP contribution in [0.1, 0.15) is 17.3 Å². The van der Waals surface area contributed by atoms with Crippen molar-refractivity contribution >= 4 is 22.7 Å². The lowest BCUT2D eigenvalue weighted by Crippen LogP contribution is -2.09. The van der Waals surface area contributed by atoms with Gasteiger partial charge in [-0.15, -0.1) is 0 Å². The second kappa shape index (κ2) is 5.39. The SMILES string of the molecule is CCOC(=O)/C(O)=C/C(=O)c1c[nH]c2ccccc12. The maximum Gasteiger partial charge on any atom is 0.373 e. The van der Waals surface area contributed by atoms with Gasteiger partial charge in [0.25, 0.3) is 0 Å². The minimum absolute atomic E-state index is 0.137. The normalized spacial score (nSPS) is 11.5. The van der Waals surface area contributed by atoms with Crippen LogP contribution in [0.3, 0.4) is 0 Å². The first-order valence-corrected chi connectivity index (χ1v) is 5.81. The number of ether oxygens (including phenoxy) is 1. The van der Waals surface area contributed by atoms with E-state index in [1.165, 1.54) is 0 Å². The Morgan fingerprint density at radius 1 is 1.37 bits per heavy atom. The van der Waals surface area contributed by atoms with E-state index in [2.05, 4.69) is 9.72 Å². The fourth-order valence-electron chi connectivity index (χ4n) is 1.74. The average molecular weight is 259 g/mol. The molecule has 19 heavy (non-hydrogen) atoms. The summed E-state index contributed by atoms with van der Waals surface area (Å²) in [5.41, 5.74) is 1.21. The van der Waals surface area contributed by atoms with Crippen LogP contribution in [0.5, 0.6) is 0 Å². The number of esters is 1. The number of benzene rings is 1. The summed E-state index contributed by atoms with van der Waals surface area (Å²) in [5.74, 6) is -2.06. The molecule has 98 valence electrons.